The van der Waals surface area contributed by atoms with Gasteiger partial charge in [0.1, 0.15) is 17.5 Å². The first-order chi connectivity index (χ1) is 12.9. The molecule has 6 heteroatoms. The number of amides is 2. The number of hydrogen-bond donors (Lipinski definition) is 1. The van der Waals surface area contributed by atoms with Crippen LogP contribution in [0.5, 0.6) is 11.5 Å². The minimum Gasteiger partial charge on any atom is -0.497 e. The standard InChI is InChI=1S/C21H26N2O4/c1-15(21(25)22-13-17-5-9-19(26-3)10-6-17)23(16(2)24)14-18-7-11-20(27-4)12-8-18/h5-12,15H,13-14H2,1-4H3,(H,22,25). The molecule has 2 rings (SSSR count). The molecule has 0 aliphatic carbocycles. The Bertz CT molecular complexity index is 757. The summed E-state index contributed by atoms with van der Waals surface area (Å²) in [6.45, 7) is 3.95. The van der Waals surface area contributed by atoms with Gasteiger partial charge in [-0.05, 0) is 42.3 Å². The van der Waals surface area contributed by atoms with Gasteiger partial charge in [-0.1, -0.05) is 24.3 Å². The fraction of sp³-hybridized carbons (Fsp3) is 0.333. The number of carbonyl (C=O) groups is 2. The monoisotopic (exact) mass is 370 g/mol. The zero-order valence-electron chi connectivity index (χ0n) is 16.2. The second-order valence-corrected chi connectivity index (χ2v) is 6.24. The Kier molecular flexibility index (Phi) is 7.23. The van der Waals surface area contributed by atoms with Crippen LogP contribution >= 0.6 is 0 Å². The van der Waals surface area contributed by atoms with Crippen molar-refractivity contribution in [2.45, 2.75) is 33.0 Å². The van der Waals surface area contributed by atoms with E-state index in [0.29, 0.717) is 13.1 Å². The van der Waals surface area contributed by atoms with Gasteiger partial charge in [-0.3, -0.25) is 9.59 Å². The van der Waals surface area contributed by atoms with Crippen LogP contribution in [-0.4, -0.2) is 37.0 Å². The summed E-state index contributed by atoms with van der Waals surface area (Å²) in [4.78, 5) is 26.1. The minimum absolute atomic E-state index is 0.155. The maximum absolute atomic E-state index is 12.5. The van der Waals surface area contributed by atoms with Crippen molar-refractivity contribution in [3.05, 3.63) is 59.7 Å². The van der Waals surface area contributed by atoms with Gasteiger partial charge < -0.3 is 19.7 Å². The molecule has 2 amide bonds. The molecule has 0 radical (unpaired) electrons. The summed E-state index contributed by atoms with van der Waals surface area (Å²) in [5.41, 5.74) is 1.89. The number of rotatable bonds is 8. The van der Waals surface area contributed by atoms with Crippen molar-refractivity contribution in [3.63, 3.8) is 0 Å². The highest BCUT2D eigenvalue weighted by Crippen LogP contribution is 2.15. The third-order valence-corrected chi connectivity index (χ3v) is 4.39. The van der Waals surface area contributed by atoms with E-state index < -0.39 is 6.04 Å². The molecule has 0 aromatic heterocycles. The molecule has 0 spiro atoms. The highest BCUT2D eigenvalue weighted by Gasteiger charge is 2.23. The van der Waals surface area contributed by atoms with Crippen LogP contribution in [0.25, 0.3) is 0 Å². The zero-order chi connectivity index (χ0) is 19.8. The number of benzene rings is 2. The molecule has 0 saturated carbocycles. The van der Waals surface area contributed by atoms with E-state index >= 15 is 0 Å². The van der Waals surface area contributed by atoms with E-state index in [-0.39, 0.29) is 11.8 Å². The number of nitrogens with one attached hydrogen (secondary N) is 1. The first kappa shape index (κ1) is 20.3. The van der Waals surface area contributed by atoms with E-state index in [0.717, 1.165) is 22.6 Å². The molecule has 1 N–H and O–H groups in total. The molecule has 0 saturated heterocycles. The molecule has 0 fully saturated rings. The lowest BCUT2D eigenvalue weighted by atomic mass is 10.1. The van der Waals surface area contributed by atoms with Gasteiger partial charge in [-0.15, -0.1) is 0 Å². The highest BCUT2D eigenvalue weighted by atomic mass is 16.5. The molecule has 1 atom stereocenters. The molecule has 6 nitrogen and oxygen atoms in total. The maximum atomic E-state index is 12.5. The van der Waals surface area contributed by atoms with Crippen molar-refractivity contribution in [1.29, 1.82) is 0 Å². The van der Waals surface area contributed by atoms with E-state index in [9.17, 15) is 9.59 Å². The number of carbonyl (C=O) groups excluding carboxylic acids is 2. The van der Waals surface area contributed by atoms with E-state index in [4.69, 9.17) is 9.47 Å². The molecule has 0 bridgehead atoms. The number of methoxy groups -OCH3 is 2. The summed E-state index contributed by atoms with van der Waals surface area (Å²) >= 11 is 0. The van der Waals surface area contributed by atoms with Crippen molar-refractivity contribution in [2.75, 3.05) is 14.2 Å². The van der Waals surface area contributed by atoms with E-state index in [1.165, 1.54) is 6.92 Å². The minimum atomic E-state index is -0.581. The van der Waals surface area contributed by atoms with Crippen LogP contribution in [0.3, 0.4) is 0 Å². The van der Waals surface area contributed by atoms with Crippen molar-refractivity contribution in [2.24, 2.45) is 0 Å². The summed E-state index contributed by atoms with van der Waals surface area (Å²) in [6.07, 6.45) is 0. The second-order valence-electron chi connectivity index (χ2n) is 6.24. The fourth-order valence-corrected chi connectivity index (χ4v) is 2.67. The maximum Gasteiger partial charge on any atom is 0.242 e. The van der Waals surface area contributed by atoms with Crippen LogP contribution in [0.1, 0.15) is 25.0 Å². The highest BCUT2D eigenvalue weighted by molar-refractivity contribution is 5.86. The molecule has 2 aromatic carbocycles. The molecule has 2 aromatic rings. The average Bonchev–Trinajstić information content (AvgIpc) is 2.70. The summed E-state index contributed by atoms with van der Waals surface area (Å²) in [7, 11) is 3.21. The Morgan fingerprint density at radius 3 is 1.85 bits per heavy atom. The van der Waals surface area contributed by atoms with Crippen LogP contribution in [0.2, 0.25) is 0 Å². The average molecular weight is 370 g/mol. The molecular weight excluding hydrogens is 344 g/mol. The van der Waals surface area contributed by atoms with Crippen LogP contribution in [0.15, 0.2) is 48.5 Å². The Morgan fingerprint density at radius 1 is 0.926 bits per heavy atom. The zero-order valence-corrected chi connectivity index (χ0v) is 16.2. The van der Waals surface area contributed by atoms with Crippen LogP contribution < -0.4 is 14.8 Å². The summed E-state index contributed by atoms with van der Waals surface area (Å²) in [5.74, 6) is 1.16. The molecular formula is C21H26N2O4. The van der Waals surface area contributed by atoms with Gasteiger partial charge in [-0.25, -0.2) is 0 Å². The van der Waals surface area contributed by atoms with Crippen molar-refractivity contribution in [3.8, 4) is 11.5 Å². The third kappa shape index (κ3) is 5.74. The van der Waals surface area contributed by atoms with Gasteiger partial charge in [0, 0.05) is 20.0 Å². The Balaban J connectivity index is 1.97. The van der Waals surface area contributed by atoms with Gasteiger partial charge in [0.15, 0.2) is 0 Å². The van der Waals surface area contributed by atoms with Crippen molar-refractivity contribution >= 4 is 11.8 Å². The normalized spacial score (nSPS) is 11.4. The van der Waals surface area contributed by atoms with Crippen LogP contribution in [-0.2, 0) is 22.7 Å². The lowest BCUT2D eigenvalue weighted by molar-refractivity contribution is -0.139. The second kappa shape index (κ2) is 9.62. The largest absolute Gasteiger partial charge is 0.497 e. The van der Waals surface area contributed by atoms with E-state index in [2.05, 4.69) is 5.32 Å². The lowest BCUT2D eigenvalue weighted by Crippen LogP contribution is -2.46. The summed E-state index contributed by atoms with van der Waals surface area (Å²) in [5, 5.41) is 2.88. The number of hydrogen-bond acceptors (Lipinski definition) is 4. The smallest absolute Gasteiger partial charge is 0.242 e. The van der Waals surface area contributed by atoms with Gasteiger partial charge in [0.25, 0.3) is 0 Å². The number of nitrogens with zero attached hydrogens (tertiary/aromatic N) is 1. The first-order valence-corrected chi connectivity index (χ1v) is 8.75. The van der Waals surface area contributed by atoms with Gasteiger partial charge >= 0.3 is 0 Å². The number of ether oxygens (including phenoxy) is 2. The Hall–Kier alpha value is -3.02. The summed E-state index contributed by atoms with van der Waals surface area (Å²) in [6, 6.07) is 14.3. The third-order valence-electron chi connectivity index (χ3n) is 4.39. The SMILES string of the molecule is COc1ccc(CNC(=O)C(C)N(Cc2ccc(OC)cc2)C(C)=O)cc1. The van der Waals surface area contributed by atoms with E-state index in [1.807, 2.05) is 48.5 Å². The molecule has 1 unspecified atom stereocenters. The molecule has 0 aliphatic heterocycles. The first-order valence-electron chi connectivity index (χ1n) is 8.75. The molecule has 0 heterocycles. The fourth-order valence-electron chi connectivity index (χ4n) is 2.67. The topological polar surface area (TPSA) is 67.9 Å². The van der Waals surface area contributed by atoms with Crippen LogP contribution in [0, 0.1) is 0 Å². The predicted octanol–water partition coefficient (Wildman–Crippen LogP) is 2.76. The molecule has 0 aliphatic rings. The van der Waals surface area contributed by atoms with Gasteiger partial charge in [-0.2, -0.15) is 0 Å². The predicted molar refractivity (Wildman–Crippen MR) is 104 cm³/mol. The molecule has 144 valence electrons. The van der Waals surface area contributed by atoms with Crippen molar-refractivity contribution in [1.82, 2.24) is 10.2 Å². The van der Waals surface area contributed by atoms with Gasteiger partial charge in [0.05, 0.1) is 14.2 Å². The Morgan fingerprint density at radius 2 is 1.41 bits per heavy atom. The van der Waals surface area contributed by atoms with Crippen molar-refractivity contribution < 1.29 is 19.1 Å². The van der Waals surface area contributed by atoms with E-state index in [1.54, 1.807) is 26.0 Å². The Labute approximate surface area is 160 Å². The summed E-state index contributed by atoms with van der Waals surface area (Å²) < 4.78 is 10.3. The van der Waals surface area contributed by atoms with Gasteiger partial charge in [0.2, 0.25) is 11.8 Å². The quantitative estimate of drug-likeness (QED) is 0.776. The molecule has 27 heavy (non-hydrogen) atoms. The lowest BCUT2D eigenvalue weighted by Gasteiger charge is -2.27. The van der Waals surface area contributed by atoms with Crippen LogP contribution in [0.4, 0.5) is 0 Å².